The fraction of sp³-hybridized carbons (Fsp3) is 0.211. The van der Waals surface area contributed by atoms with Crippen LogP contribution in [-0.2, 0) is 16.1 Å². The molecule has 3 aromatic rings. The number of aromatic nitrogens is 1. The van der Waals surface area contributed by atoms with Crippen LogP contribution in [0.5, 0.6) is 0 Å². The van der Waals surface area contributed by atoms with Gasteiger partial charge in [0.15, 0.2) is 10.8 Å². The van der Waals surface area contributed by atoms with E-state index in [2.05, 4.69) is 4.98 Å². The fourth-order valence-electron chi connectivity index (χ4n) is 2.43. The summed E-state index contributed by atoms with van der Waals surface area (Å²) < 4.78 is 10.3. The van der Waals surface area contributed by atoms with Gasteiger partial charge in [-0.25, -0.2) is 4.98 Å². The first-order valence-electron chi connectivity index (χ1n) is 8.09. The molecule has 1 aromatic carbocycles. The van der Waals surface area contributed by atoms with Gasteiger partial charge in [-0.15, -0.1) is 11.3 Å². The van der Waals surface area contributed by atoms with Gasteiger partial charge in [0.25, 0.3) is 5.91 Å². The number of furan rings is 1. The van der Waals surface area contributed by atoms with Crippen LogP contribution in [0.1, 0.15) is 21.8 Å². The number of carbonyl (C=O) groups excluding carboxylic acids is 2. The van der Waals surface area contributed by atoms with E-state index in [1.54, 1.807) is 29.6 Å². The summed E-state index contributed by atoms with van der Waals surface area (Å²) in [6.45, 7) is 1.90. The molecule has 0 spiro atoms. The Morgan fingerprint density at radius 3 is 2.59 bits per heavy atom. The number of halogens is 1. The molecule has 3 rings (SSSR count). The molecule has 140 valence electrons. The summed E-state index contributed by atoms with van der Waals surface area (Å²) in [7, 11) is 1.29. The summed E-state index contributed by atoms with van der Waals surface area (Å²) >= 11 is 7.21. The Kier molecular flexibility index (Phi) is 5.93. The zero-order valence-electron chi connectivity index (χ0n) is 14.8. The van der Waals surface area contributed by atoms with Gasteiger partial charge in [-0.3, -0.25) is 9.59 Å². The van der Waals surface area contributed by atoms with Gasteiger partial charge in [-0.2, -0.15) is 0 Å². The van der Waals surface area contributed by atoms with E-state index in [-0.39, 0.29) is 24.7 Å². The Hall–Kier alpha value is -2.64. The summed E-state index contributed by atoms with van der Waals surface area (Å²) in [6.07, 6.45) is 0. The molecule has 2 aromatic heterocycles. The van der Waals surface area contributed by atoms with E-state index in [0.717, 1.165) is 11.3 Å². The van der Waals surface area contributed by atoms with Crippen LogP contribution in [0.15, 0.2) is 46.2 Å². The van der Waals surface area contributed by atoms with Gasteiger partial charge in [-0.05, 0) is 36.8 Å². The van der Waals surface area contributed by atoms with Crippen molar-refractivity contribution in [3.8, 4) is 10.8 Å². The summed E-state index contributed by atoms with van der Waals surface area (Å²) in [5, 5.41) is 2.86. The van der Waals surface area contributed by atoms with Gasteiger partial charge < -0.3 is 14.1 Å². The predicted molar refractivity (Wildman–Crippen MR) is 103 cm³/mol. The van der Waals surface area contributed by atoms with Crippen LogP contribution in [-0.4, -0.2) is 35.4 Å². The summed E-state index contributed by atoms with van der Waals surface area (Å²) in [6, 6.07) is 10.7. The van der Waals surface area contributed by atoms with Crippen LogP contribution < -0.4 is 0 Å². The minimum absolute atomic E-state index is 0.176. The second-order valence-electron chi connectivity index (χ2n) is 5.81. The number of amides is 1. The molecule has 0 fully saturated rings. The smallest absolute Gasteiger partial charge is 0.325 e. The molecule has 0 radical (unpaired) electrons. The third kappa shape index (κ3) is 4.75. The van der Waals surface area contributed by atoms with E-state index < -0.39 is 5.97 Å². The van der Waals surface area contributed by atoms with Gasteiger partial charge in [0.2, 0.25) is 0 Å². The second kappa shape index (κ2) is 8.37. The number of thiazole rings is 1. The molecule has 1 amide bonds. The van der Waals surface area contributed by atoms with Gasteiger partial charge in [-0.1, -0.05) is 23.7 Å². The second-order valence-corrected chi connectivity index (χ2v) is 7.11. The fourth-order valence-corrected chi connectivity index (χ4v) is 3.31. The van der Waals surface area contributed by atoms with E-state index >= 15 is 0 Å². The largest absolute Gasteiger partial charge is 0.468 e. The van der Waals surface area contributed by atoms with Crippen molar-refractivity contribution in [3.63, 3.8) is 0 Å². The van der Waals surface area contributed by atoms with Crippen molar-refractivity contribution in [3.05, 3.63) is 63.8 Å². The molecule has 8 heteroatoms. The number of hydrogen-bond donors (Lipinski definition) is 0. The minimum atomic E-state index is -0.505. The predicted octanol–water partition coefficient (Wildman–Crippen LogP) is 4.18. The normalized spacial score (nSPS) is 10.6. The molecule has 2 heterocycles. The van der Waals surface area contributed by atoms with Crippen LogP contribution in [0.25, 0.3) is 10.8 Å². The van der Waals surface area contributed by atoms with Crippen molar-refractivity contribution in [1.29, 1.82) is 0 Å². The molecule has 0 aliphatic carbocycles. The van der Waals surface area contributed by atoms with Crippen molar-refractivity contribution in [2.75, 3.05) is 13.7 Å². The third-order valence-corrected chi connectivity index (χ3v) is 4.90. The molecule has 0 unspecified atom stereocenters. The molecule has 0 atom stereocenters. The Bertz CT molecular complexity index is 949. The number of rotatable bonds is 6. The van der Waals surface area contributed by atoms with E-state index in [1.807, 2.05) is 19.1 Å². The van der Waals surface area contributed by atoms with Crippen molar-refractivity contribution < 1.29 is 18.7 Å². The SMILES string of the molecule is COC(=O)CN(Cc1ccc(Cl)cc1)C(=O)c1csc(-c2ccc(C)o2)n1. The van der Waals surface area contributed by atoms with E-state index in [4.69, 9.17) is 20.8 Å². The lowest BCUT2D eigenvalue weighted by molar-refractivity contribution is -0.141. The number of hydrogen-bond acceptors (Lipinski definition) is 6. The van der Waals surface area contributed by atoms with Crippen molar-refractivity contribution in [1.82, 2.24) is 9.88 Å². The summed E-state index contributed by atoms with van der Waals surface area (Å²) in [5.41, 5.74) is 1.09. The molecule has 0 N–H and O–H groups in total. The first kappa shape index (κ1) is 19.1. The molecule has 0 saturated carbocycles. The number of aryl methyl sites for hydroxylation is 1. The number of benzene rings is 1. The molecule has 0 aliphatic heterocycles. The lowest BCUT2D eigenvalue weighted by Crippen LogP contribution is -2.36. The Balaban J connectivity index is 1.82. The lowest BCUT2D eigenvalue weighted by Gasteiger charge is -2.20. The third-order valence-electron chi connectivity index (χ3n) is 3.80. The number of nitrogens with zero attached hydrogens (tertiary/aromatic N) is 2. The Morgan fingerprint density at radius 2 is 1.96 bits per heavy atom. The maximum Gasteiger partial charge on any atom is 0.325 e. The molecular weight excluding hydrogens is 388 g/mol. The van der Waals surface area contributed by atoms with Crippen LogP contribution in [0.4, 0.5) is 0 Å². The van der Waals surface area contributed by atoms with E-state index in [1.165, 1.54) is 23.3 Å². The van der Waals surface area contributed by atoms with E-state index in [9.17, 15) is 9.59 Å². The number of ether oxygens (including phenoxy) is 1. The van der Waals surface area contributed by atoms with Gasteiger partial charge in [0, 0.05) is 16.9 Å². The lowest BCUT2D eigenvalue weighted by atomic mass is 10.2. The highest BCUT2D eigenvalue weighted by molar-refractivity contribution is 7.13. The van der Waals surface area contributed by atoms with E-state index in [0.29, 0.717) is 15.8 Å². The molecule has 0 saturated heterocycles. The van der Waals surface area contributed by atoms with Gasteiger partial charge >= 0.3 is 5.97 Å². The van der Waals surface area contributed by atoms with Crippen LogP contribution in [0.2, 0.25) is 5.02 Å². The maximum atomic E-state index is 12.9. The highest BCUT2D eigenvalue weighted by Gasteiger charge is 2.23. The number of esters is 1. The summed E-state index contributed by atoms with van der Waals surface area (Å²) in [5.74, 6) is 0.507. The van der Waals surface area contributed by atoms with Crippen LogP contribution in [0.3, 0.4) is 0 Å². The zero-order valence-corrected chi connectivity index (χ0v) is 16.3. The molecule has 0 aliphatic rings. The average molecular weight is 405 g/mol. The van der Waals surface area contributed by atoms with Crippen molar-refractivity contribution >= 4 is 34.8 Å². The minimum Gasteiger partial charge on any atom is -0.468 e. The first-order valence-corrected chi connectivity index (χ1v) is 9.35. The molecule has 0 bridgehead atoms. The van der Waals surface area contributed by atoms with Crippen molar-refractivity contribution in [2.45, 2.75) is 13.5 Å². The van der Waals surface area contributed by atoms with Crippen LogP contribution in [0, 0.1) is 6.92 Å². The monoisotopic (exact) mass is 404 g/mol. The molecular formula is C19H17ClN2O4S. The summed E-state index contributed by atoms with van der Waals surface area (Å²) in [4.78, 5) is 30.4. The zero-order chi connectivity index (χ0) is 19.4. The molecule has 6 nitrogen and oxygen atoms in total. The maximum absolute atomic E-state index is 12.9. The van der Waals surface area contributed by atoms with Crippen molar-refractivity contribution in [2.24, 2.45) is 0 Å². The average Bonchev–Trinajstić information content (AvgIpc) is 3.31. The molecule has 27 heavy (non-hydrogen) atoms. The van der Waals surface area contributed by atoms with Crippen LogP contribution >= 0.6 is 22.9 Å². The quantitative estimate of drug-likeness (QED) is 0.576. The topological polar surface area (TPSA) is 72.6 Å². The highest BCUT2D eigenvalue weighted by atomic mass is 35.5. The first-order chi connectivity index (χ1) is 13.0. The number of carbonyl (C=O) groups is 2. The number of methoxy groups -OCH3 is 1. The Morgan fingerprint density at radius 1 is 1.22 bits per heavy atom. The van der Waals surface area contributed by atoms with Gasteiger partial charge in [0.1, 0.15) is 18.0 Å². The Labute approximate surface area is 165 Å². The highest BCUT2D eigenvalue weighted by Crippen LogP contribution is 2.26. The standard InChI is InChI=1S/C19H17ClN2O4S/c1-12-3-8-16(26-12)18-21-15(11-27-18)19(24)22(10-17(23)25-2)9-13-4-6-14(20)7-5-13/h3-8,11H,9-10H2,1-2H3. The van der Waals surface area contributed by atoms with Gasteiger partial charge in [0.05, 0.1) is 7.11 Å².